The van der Waals surface area contributed by atoms with Crippen molar-refractivity contribution in [3.05, 3.63) is 41.5 Å². The minimum atomic E-state index is -0.191. The Kier molecular flexibility index (Phi) is 7.22. The molecule has 0 unspecified atom stereocenters. The van der Waals surface area contributed by atoms with Gasteiger partial charge in [-0.1, -0.05) is 26.0 Å². The highest BCUT2D eigenvalue weighted by molar-refractivity contribution is 5.77. The van der Waals surface area contributed by atoms with Gasteiger partial charge in [-0.05, 0) is 23.6 Å². The van der Waals surface area contributed by atoms with Gasteiger partial charge in [-0.15, -0.1) is 10.2 Å². The van der Waals surface area contributed by atoms with Gasteiger partial charge in [-0.25, -0.2) is 0 Å². The number of carbonyl (C=O) groups excluding carboxylic acids is 1. The molecule has 0 aliphatic carbocycles. The van der Waals surface area contributed by atoms with E-state index < -0.39 is 0 Å². The third-order valence-electron chi connectivity index (χ3n) is 5.22. The van der Waals surface area contributed by atoms with E-state index in [2.05, 4.69) is 51.0 Å². The summed E-state index contributed by atoms with van der Waals surface area (Å²) >= 11 is 0. The number of ether oxygens (including phenoxy) is 2. The van der Waals surface area contributed by atoms with Crippen molar-refractivity contribution >= 4 is 5.91 Å². The molecular formula is C21H31N5O3. The molecule has 0 radical (unpaired) electrons. The smallest absolute Gasteiger partial charge is 0.246 e. The van der Waals surface area contributed by atoms with Gasteiger partial charge in [-0.3, -0.25) is 9.69 Å². The Morgan fingerprint density at radius 2 is 2.03 bits per heavy atom. The molecule has 0 spiro atoms. The predicted octanol–water partition coefficient (Wildman–Crippen LogP) is 1.80. The molecule has 0 saturated carbocycles. The molecule has 3 rings (SSSR count). The van der Waals surface area contributed by atoms with E-state index in [0.717, 1.165) is 50.0 Å². The van der Waals surface area contributed by atoms with Crippen LogP contribution in [0.2, 0.25) is 0 Å². The summed E-state index contributed by atoms with van der Waals surface area (Å²) in [6.07, 6.45) is 0.827. The number of rotatable bonds is 8. The van der Waals surface area contributed by atoms with Crippen LogP contribution in [0.1, 0.15) is 37.1 Å². The first-order chi connectivity index (χ1) is 14.0. The van der Waals surface area contributed by atoms with Crippen molar-refractivity contribution in [1.82, 2.24) is 25.0 Å². The number of amides is 1. The molecule has 0 bridgehead atoms. The van der Waals surface area contributed by atoms with Crippen molar-refractivity contribution in [3.8, 4) is 5.75 Å². The first kappa shape index (κ1) is 21.3. The molecule has 1 aliphatic rings. The maximum Gasteiger partial charge on any atom is 0.246 e. The van der Waals surface area contributed by atoms with Crippen molar-refractivity contribution in [2.24, 2.45) is 5.92 Å². The number of hydrogen-bond acceptors (Lipinski definition) is 6. The molecule has 1 aromatic carbocycles. The molecule has 8 heteroatoms. The number of nitrogens with one attached hydrogen (secondary N) is 1. The van der Waals surface area contributed by atoms with Crippen molar-refractivity contribution in [3.63, 3.8) is 0 Å². The molecule has 8 nitrogen and oxygen atoms in total. The fraction of sp³-hybridized carbons (Fsp3) is 0.571. The minimum Gasteiger partial charge on any atom is -0.497 e. The predicted molar refractivity (Wildman–Crippen MR) is 110 cm³/mol. The van der Waals surface area contributed by atoms with Gasteiger partial charge in [0.05, 0.1) is 13.2 Å². The Bertz CT molecular complexity index is 820. The zero-order valence-corrected chi connectivity index (χ0v) is 17.7. The van der Waals surface area contributed by atoms with Gasteiger partial charge in [0, 0.05) is 39.7 Å². The fourth-order valence-electron chi connectivity index (χ4n) is 3.68. The molecule has 0 fully saturated rings. The SMILES string of the molecule is COCC(=O)N[C@H](c1nnc2n1CCN(Cc1cccc(OC)c1)CC2)C(C)C. The van der Waals surface area contributed by atoms with Crippen LogP contribution in [0.5, 0.6) is 5.75 Å². The second-order valence-electron chi connectivity index (χ2n) is 7.73. The lowest BCUT2D eigenvalue weighted by atomic mass is 10.0. The Morgan fingerprint density at radius 1 is 1.21 bits per heavy atom. The van der Waals surface area contributed by atoms with E-state index in [9.17, 15) is 4.79 Å². The van der Waals surface area contributed by atoms with Gasteiger partial charge >= 0.3 is 0 Å². The van der Waals surface area contributed by atoms with E-state index in [1.165, 1.54) is 12.7 Å². The monoisotopic (exact) mass is 401 g/mol. The second-order valence-corrected chi connectivity index (χ2v) is 7.73. The van der Waals surface area contributed by atoms with Crippen LogP contribution in [0.25, 0.3) is 0 Å². The summed E-state index contributed by atoms with van der Waals surface area (Å²) in [5, 5.41) is 11.9. The zero-order chi connectivity index (χ0) is 20.8. The van der Waals surface area contributed by atoms with Crippen LogP contribution in [-0.4, -0.2) is 59.5 Å². The average Bonchev–Trinajstić information content (AvgIpc) is 3.00. The molecule has 1 atom stereocenters. The molecule has 1 aromatic heterocycles. The van der Waals surface area contributed by atoms with Crippen molar-refractivity contribution in [2.75, 3.05) is 33.9 Å². The number of aromatic nitrogens is 3. The van der Waals surface area contributed by atoms with Crippen molar-refractivity contribution < 1.29 is 14.3 Å². The molecule has 1 aliphatic heterocycles. The third-order valence-corrected chi connectivity index (χ3v) is 5.22. The molecule has 1 amide bonds. The first-order valence-corrected chi connectivity index (χ1v) is 10.1. The van der Waals surface area contributed by atoms with E-state index in [1.807, 2.05) is 12.1 Å². The lowest BCUT2D eigenvalue weighted by Gasteiger charge is -2.23. The molecule has 2 aromatic rings. The van der Waals surface area contributed by atoms with Crippen LogP contribution in [0, 0.1) is 5.92 Å². The maximum atomic E-state index is 12.1. The Hall–Kier alpha value is -2.45. The summed E-state index contributed by atoms with van der Waals surface area (Å²) < 4.78 is 12.5. The quantitative estimate of drug-likeness (QED) is 0.727. The van der Waals surface area contributed by atoms with Crippen LogP contribution < -0.4 is 10.1 Å². The molecule has 1 N–H and O–H groups in total. The first-order valence-electron chi connectivity index (χ1n) is 10.1. The Morgan fingerprint density at radius 3 is 2.76 bits per heavy atom. The van der Waals surface area contributed by atoms with Crippen LogP contribution in [0.15, 0.2) is 24.3 Å². The fourth-order valence-corrected chi connectivity index (χ4v) is 3.68. The topological polar surface area (TPSA) is 81.5 Å². The Labute approximate surface area is 172 Å². The highest BCUT2D eigenvalue weighted by Crippen LogP contribution is 2.23. The van der Waals surface area contributed by atoms with Gasteiger partial charge in [0.15, 0.2) is 5.82 Å². The van der Waals surface area contributed by atoms with Crippen LogP contribution in [0.3, 0.4) is 0 Å². The lowest BCUT2D eigenvalue weighted by Crippen LogP contribution is -2.36. The number of fused-ring (bicyclic) bond motifs is 1. The molecule has 29 heavy (non-hydrogen) atoms. The van der Waals surface area contributed by atoms with E-state index in [-0.39, 0.29) is 24.5 Å². The van der Waals surface area contributed by atoms with E-state index >= 15 is 0 Å². The molecular weight excluding hydrogens is 370 g/mol. The number of benzene rings is 1. The highest BCUT2D eigenvalue weighted by Gasteiger charge is 2.27. The van der Waals surface area contributed by atoms with Crippen molar-refractivity contribution in [1.29, 1.82) is 0 Å². The van der Waals surface area contributed by atoms with Gasteiger partial charge in [0.25, 0.3) is 0 Å². The molecule has 2 heterocycles. The standard InChI is InChI=1S/C21H31N5O3/c1-15(2)20(22-19(27)14-28-3)21-24-23-18-8-9-25(10-11-26(18)21)13-16-6-5-7-17(12-16)29-4/h5-7,12,15,20H,8-11,13-14H2,1-4H3,(H,22,27)/t20-/m0/s1. The van der Waals surface area contributed by atoms with Crippen LogP contribution in [0.4, 0.5) is 0 Å². The van der Waals surface area contributed by atoms with E-state index in [0.29, 0.717) is 0 Å². The summed E-state index contributed by atoms with van der Waals surface area (Å²) in [7, 11) is 3.21. The summed E-state index contributed by atoms with van der Waals surface area (Å²) in [5.74, 6) is 2.72. The summed E-state index contributed by atoms with van der Waals surface area (Å²) in [6.45, 7) is 7.66. The summed E-state index contributed by atoms with van der Waals surface area (Å²) in [4.78, 5) is 14.5. The normalized spacial score (nSPS) is 15.6. The number of nitrogens with zero attached hydrogens (tertiary/aromatic N) is 4. The average molecular weight is 402 g/mol. The minimum absolute atomic E-state index is 0.0402. The maximum absolute atomic E-state index is 12.1. The van der Waals surface area contributed by atoms with Gasteiger partial charge < -0.3 is 19.4 Å². The number of hydrogen-bond donors (Lipinski definition) is 1. The van der Waals surface area contributed by atoms with Crippen LogP contribution in [-0.2, 0) is 29.0 Å². The Balaban J connectivity index is 1.71. The van der Waals surface area contributed by atoms with Gasteiger partial charge in [0.2, 0.25) is 5.91 Å². The highest BCUT2D eigenvalue weighted by atomic mass is 16.5. The van der Waals surface area contributed by atoms with E-state index in [4.69, 9.17) is 9.47 Å². The largest absolute Gasteiger partial charge is 0.497 e. The number of carbonyl (C=O) groups is 1. The molecule has 0 saturated heterocycles. The summed E-state index contributed by atoms with van der Waals surface area (Å²) in [6, 6.07) is 8.00. The van der Waals surface area contributed by atoms with Gasteiger partial charge in [0.1, 0.15) is 18.2 Å². The third kappa shape index (κ3) is 5.33. The molecule has 158 valence electrons. The summed E-state index contributed by atoms with van der Waals surface area (Å²) in [5.41, 5.74) is 1.23. The zero-order valence-electron chi connectivity index (χ0n) is 17.7. The second kappa shape index (κ2) is 9.84. The van der Waals surface area contributed by atoms with E-state index in [1.54, 1.807) is 7.11 Å². The van der Waals surface area contributed by atoms with Crippen LogP contribution >= 0.6 is 0 Å². The van der Waals surface area contributed by atoms with Gasteiger partial charge in [-0.2, -0.15) is 0 Å². The lowest BCUT2D eigenvalue weighted by molar-refractivity contribution is -0.125. The number of methoxy groups -OCH3 is 2. The van der Waals surface area contributed by atoms with Crippen molar-refractivity contribution in [2.45, 2.75) is 39.4 Å².